The number of amides is 2. The topological polar surface area (TPSA) is 139 Å². The average molecular weight is 267 g/mol. The number of rotatable bonds is 6. The summed E-state index contributed by atoms with van der Waals surface area (Å²) >= 11 is 0. The van der Waals surface area contributed by atoms with Gasteiger partial charge in [-0.1, -0.05) is 0 Å². The van der Waals surface area contributed by atoms with Crippen molar-refractivity contribution in [1.82, 2.24) is 10.6 Å². The standard InChI is InChI=1S/C8H17N3O5S/c1-8(2,6(12)13)5-11-7(14)10-3-4-17(9,15)16/h3-5H2,1-2H3,(H,12,13)(H2,9,15,16)(H2,10,11,14). The first-order valence-corrected chi connectivity index (χ1v) is 6.52. The van der Waals surface area contributed by atoms with Gasteiger partial charge in [0.1, 0.15) is 0 Å². The van der Waals surface area contributed by atoms with Crippen molar-refractivity contribution < 1.29 is 23.1 Å². The molecule has 0 heterocycles. The summed E-state index contributed by atoms with van der Waals surface area (Å²) in [6.07, 6.45) is 0. The van der Waals surface area contributed by atoms with Crippen molar-refractivity contribution in [2.24, 2.45) is 10.6 Å². The number of aliphatic carboxylic acids is 1. The van der Waals surface area contributed by atoms with E-state index in [9.17, 15) is 18.0 Å². The lowest BCUT2D eigenvalue weighted by Gasteiger charge is -2.19. The molecule has 0 fully saturated rings. The molecule has 0 unspecified atom stereocenters. The number of carbonyl (C=O) groups excluding carboxylic acids is 1. The number of carboxylic acids is 1. The van der Waals surface area contributed by atoms with Crippen LogP contribution in [0.15, 0.2) is 0 Å². The Labute approximate surface area is 99.6 Å². The maximum Gasteiger partial charge on any atom is 0.314 e. The van der Waals surface area contributed by atoms with E-state index in [0.29, 0.717) is 0 Å². The van der Waals surface area contributed by atoms with Crippen molar-refractivity contribution in [1.29, 1.82) is 0 Å². The summed E-state index contributed by atoms with van der Waals surface area (Å²) < 4.78 is 21.1. The Morgan fingerprint density at radius 3 is 2.24 bits per heavy atom. The highest BCUT2D eigenvalue weighted by Gasteiger charge is 2.27. The summed E-state index contributed by atoms with van der Waals surface area (Å²) in [6.45, 7) is 2.72. The smallest absolute Gasteiger partial charge is 0.314 e. The van der Waals surface area contributed by atoms with Crippen LogP contribution in [0.2, 0.25) is 0 Å². The molecule has 0 atom stereocenters. The fourth-order valence-corrected chi connectivity index (χ4v) is 1.13. The normalized spacial score (nSPS) is 11.9. The van der Waals surface area contributed by atoms with E-state index in [-0.39, 0.29) is 18.8 Å². The Balaban J connectivity index is 3.93. The Hall–Kier alpha value is -1.35. The lowest BCUT2D eigenvalue weighted by molar-refractivity contribution is -0.146. The van der Waals surface area contributed by atoms with Crippen LogP contribution in [-0.4, -0.2) is 44.4 Å². The maximum atomic E-state index is 11.1. The van der Waals surface area contributed by atoms with Gasteiger partial charge in [0.25, 0.3) is 0 Å². The van der Waals surface area contributed by atoms with Crippen molar-refractivity contribution in [3.63, 3.8) is 0 Å². The first kappa shape index (κ1) is 15.7. The van der Waals surface area contributed by atoms with Crippen molar-refractivity contribution >= 4 is 22.0 Å². The van der Waals surface area contributed by atoms with Crippen LogP contribution in [0.25, 0.3) is 0 Å². The monoisotopic (exact) mass is 267 g/mol. The van der Waals surface area contributed by atoms with Crippen molar-refractivity contribution in [3.05, 3.63) is 0 Å². The number of carbonyl (C=O) groups is 2. The zero-order valence-electron chi connectivity index (χ0n) is 9.69. The Bertz CT molecular complexity index is 390. The quantitative estimate of drug-likeness (QED) is 0.473. The molecule has 0 aliphatic carbocycles. The number of sulfonamides is 1. The minimum atomic E-state index is -3.61. The number of hydrogen-bond donors (Lipinski definition) is 4. The third-order valence-corrected chi connectivity index (χ3v) is 2.72. The Morgan fingerprint density at radius 1 is 1.29 bits per heavy atom. The fraction of sp³-hybridized carbons (Fsp3) is 0.750. The molecule has 0 aromatic rings. The lowest BCUT2D eigenvalue weighted by atomic mass is 9.94. The van der Waals surface area contributed by atoms with Crippen LogP contribution in [-0.2, 0) is 14.8 Å². The van der Waals surface area contributed by atoms with Crippen molar-refractivity contribution in [2.75, 3.05) is 18.8 Å². The number of carboxylic acid groups (broad SMARTS) is 1. The molecule has 0 rings (SSSR count). The zero-order chi connectivity index (χ0) is 13.7. The molecule has 0 aliphatic rings. The van der Waals surface area contributed by atoms with Crippen LogP contribution in [0.5, 0.6) is 0 Å². The molecule has 0 aromatic heterocycles. The predicted octanol–water partition coefficient (Wildman–Crippen LogP) is -1.32. The molecule has 0 aliphatic heterocycles. The van der Waals surface area contributed by atoms with Gasteiger partial charge in [0.15, 0.2) is 0 Å². The molecule has 0 spiro atoms. The van der Waals surface area contributed by atoms with E-state index in [1.807, 2.05) is 0 Å². The van der Waals surface area contributed by atoms with Crippen LogP contribution < -0.4 is 15.8 Å². The van der Waals surface area contributed by atoms with E-state index in [4.69, 9.17) is 10.2 Å². The number of hydrogen-bond acceptors (Lipinski definition) is 4. The molecule has 0 saturated carbocycles. The first-order valence-electron chi connectivity index (χ1n) is 4.80. The summed E-state index contributed by atoms with van der Waals surface area (Å²) in [5.41, 5.74) is -1.09. The summed E-state index contributed by atoms with van der Waals surface area (Å²) in [7, 11) is -3.61. The summed E-state index contributed by atoms with van der Waals surface area (Å²) in [6, 6.07) is -0.636. The molecule has 0 saturated heterocycles. The van der Waals surface area contributed by atoms with Crippen LogP contribution in [0.4, 0.5) is 4.79 Å². The van der Waals surface area contributed by atoms with E-state index in [0.717, 1.165) is 0 Å². The first-order chi connectivity index (χ1) is 7.54. The second-order valence-corrected chi connectivity index (χ2v) is 5.90. The van der Waals surface area contributed by atoms with E-state index < -0.39 is 27.4 Å². The fourth-order valence-electron chi connectivity index (χ4n) is 0.746. The van der Waals surface area contributed by atoms with Gasteiger partial charge in [-0.2, -0.15) is 0 Å². The number of primary sulfonamides is 1. The molecule has 2 amide bonds. The maximum absolute atomic E-state index is 11.1. The molecular weight excluding hydrogens is 250 g/mol. The highest BCUT2D eigenvalue weighted by molar-refractivity contribution is 7.89. The second kappa shape index (κ2) is 5.82. The van der Waals surface area contributed by atoms with Crippen molar-refractivity contribution in [2.45, 2.75) is 13.8 Å². The average Bonchev–Trinajstić information content (AvgIpc) is 2.12. The third-order valence-electron chi connectivity index (χ3n) is 1.94. The predicted molar refractivity (Wildman–Crippen MR) is 60.8 cm³/mol. The van der Waals surface area contributed by atoms with Gasteiger partial charge in [0.2, 0.25) is 10.0 Å². The van der Waals surface area contributed by atoms with Gasteiger partial charge < -0.3 is 15.7 Å². The van der Waals surface area contributed by atoms with E-state index in [1.165, 1.54) is 13.8 Å². The molecule has 9 heteroatoms. The minimum absolute atomic E-state index is 0.0659. The molecule has 0 aromatic carbocycles. The highest BCUT2D eigenvalue weighted by Crippen LogP contribution is 2.12. The third kappa shape index (κ3) is 7.53. The number of nitrogens with two attached hydrogens (primary N) is 1. The van der Waals surface area contributed by atoms with Crippen LogP contribution >= 0.6 is 0 Å². The van der Waals surface area contributed by atoms with Gasteiger partial charge in [-0.05, 0) is 13.8 Å². The molecule has 8 nitrogen and oxygen atoms in total. The van der Waals surface area contributed by atoms with Gasteiger partial charge in [0, 0.05) is 13.1 Å². The summed E-state index contributed by atoms with van der Waals surface area (Å²) in [5.74, 6) is -1.41. The van der Waals surface area contributed by atoms with E-state index >= 15 is 0 Å². The lowest BCUT2D eigenvalue weighted by Crippen LogP contribution is -2.44. The Morgan fingerprint density at radius 2 is 1.82 bits per heavy atom. The van der Waals surface area contributed by atoms with E-state index in [1.54, 1.807) is 0 Å². The van der Waals surface area contributed by atoms with Gasteiger partial charge in [-0.15, -0.1) is 0 Å². The summed E-state index contributed by atoms with van der Waals surface area (Å²) in [5, 5.41) is 18.1. The minimum Gasteiger partial charge on any atom is -0.481 e. The van der Waals surface area contributed by atoms with Crippen molar-refractivity contribution in [3.8, 4) is 0 Å². The van der Waals surface area contributed by atoms with Gasteiger partial charge in [0.05, 0.1) is 11.2 Å². The zero-order valence-corrected chi connectivity index (χ0v) is 10.5. The summed E-state index contributed by atoms with van der Waals surface area (Å²) in [4.78, 5) is 21.9. The molecule has 17 heavy (non-hydrogen) atoms. The highest BCUT2D eigenvalue weighted by atomic mass is 32.2. The van der Waals surface area contributed by atoms with E-state index in [2.05, 4.69) is 10.6 Å². The molecular formula is C8H17N3O5S. The van der Waals surface area contributed by atoms with Gasteiger partial charge in [-0.25, -0.2) is 18.4 Å². The number of nitrogens with one attached hydrogen (secondary N) is 2. The molecule has 5 N–H and O–H groups in total. The van der Waals surface area contributed by atoms with Gasteiger partial charge >= 0.3 is 12.0 Å². The van der Waals surface area contributed by atoms with Crippen LogP contribution in [0.1, 0.15) is 13.8 Å². The van der Waals surface area contributed by atoms with Gasteiger partial charge in [-0.3, -0.25) is 4.79 Å². The van der Waals surface area contributed by atoms with Crippen LogP contribution in [0, 0.1) is 5.41 Å². The van der Waals surface area contributed by atoms with Crippen LogP contribution in [0.3, 0.4) is 0 Å². The molecule has 0 bridgehead atoms. The second-order valence-electron chi connectivity index (χ2n) is 4.17. The molecule has 100 valence electrons. The largest absolute Gasteiger partial charge is 0.481 e. The Kier molecular flexibility index (Phi) is 5.36. The number of urea groups is 1. The molecule has 0 radical (unpaired) electrons. The SMILES string of the molecule is CC(C)(CNC(=O)NCCS(N)(=O)=O)C(=O)O.